The highest BCUT2D eigenvalue weighted by Gasteiger charge is 2.06. The molecule has 1 N–H and O–H groups in total. The van der Waals surface area contributed by atoms with Crippen LogP contribution in [0.5, 0.6) is 0 Å². The van der Waals surface area contributed by atoms with Crippen molar-refractivity contribution in [2.45, 2.75) is 19.4 Å². The second kappa shape index (κ2) is 5.73. The Balaban J connectivity index is 1.81. The van der Waals surface area contributed by atoms with E-state index >= 15 is 0 Å². The molecule has 0 saturated heterocycles. The van der Waals surface area contributed by atoms with Crippen LogP contribution in [0, 0.1) is 5.82 Å². The summed E-state index contributed by atoms with van der Waals surface area (Å²) in [5.41, 5.74) is 1.90. The van der Waals surface area contributed by atoms with Gasteiger partial charge in [-0.05, 0) is 25.1 Å². The van der Waals surface area contributed by atoms with Crippen LogP contribution in [0.15, 0.2) is 30.6 Å². The molecule has 1 unspecified atom stereocenters. The molecule has 0 fully saturated rings. The lowest BCUT2D eigenvalue weighted by Crippen LogP contribution is -2.22. The summed E-state index contributed by atoms with van der Waals surface area (Å²) in [7, 11) is 1.90. The maximum absolute atomic E-state index is 12.7. The molecule has 0 amide bonds. The summed E-state index contributed by atoms with van der Waals surface area (Å²) in [6.07, 6.45) is 4.04. The van der Waals surface area contributed by atoms with Crippen molar-refractivity contribution in [3.8, 4) is 0 Å². The Morgan fingerprint density at radius 1 is 1.39 bits per heavy atom. The summed E-state index contributed by atoms with van der Waals surface area (Å²) in [6.45, 7) is 2.83. The van der Waals surface area contributed by atoms with Crippen molar-refractivity contribution in [3.63, 3.8) is 0 Å². The normalized spacial score (nSPS) is 12.6. The van der Waals surface area contributed by atoms with Crippen molar-refractivity contribution in [1.29, 1.82) is 0 Å². The van der Waals surface area contributed by atoms with Gasteiger partial charge in [0.15, 0.2) is 0 Å². The lowest BCUT2D eigenvalue weighted by molar-refractivity contribution is 0.553. The fraction of sp³-hybridized carbons (Fsp3) is 0.385. The average molecular weight is 248 g/mol. The number of pyridine rings is 1. The van der Waals surface area contributed by atoms with E-state index in [-0.39, 0.29) is 11.9 Å². The van der Waals surface area contributed by atoms with Gasteiger partial charge >= 0.3 is 0 Å². The molecule has 0 saturated carbocycles. The average Bonchev–Trinajstić information content (AvgIpc) is 2.76. The number of hydrogen-bond donors (Lipinski definition) is 1. The molecule has 2 rings (SSSR count). The molecule has 4 nitrogen and oxygen atoms in total. The molecule has 5 heteroatoms. The molecule has 0 radical (unpaired) electrons. The fourth-order valence-corrected chi connectivity index (χ4v) is 1.76. The van der Waals surface area contributed by atoms with Gasteiger partial charge in [0.2, 0.25) is 0 Å². The Bertz CT molecular complexity index is 492. The number of rotatable bonds is 5. The summed E-state index contributed by atoms with van der Waals surface area (Å²) in [5.74, 6) is -0.306. The Labute approximate surface area is 106 Å². The molecule has 18 heavy (non-hydrogen) atoms. The minimum absolute atomic E-state index is 0.106. The fourth-order valence-electron chi connectivity index (χ4n) is 1.76. The third-order valence-corrected chi connectivity index (χ3v) is 2.79. The molecule has 0 spiro atoms. The van der Waals surface area contributed by atoms with Gasteiger partial charge in [0.1, 0.15) is 5.82 Å². The first-order valence-corrected chi connectivity index (χ1v) is 5.98. The third-order valence-electron chi connectivity index (χ3n) is 2.79. The number of halogens is 1. The number of nitrogens with one attached hydrogen (secondary N) is 1. The zero-order chi connectivity index (χ0) is 13.0. The first kappa shape index (κ1) is 12.7. The van der Waals surface area contributed by atoms with Gasteiger partial charge in [0, 0.05) is 32.3 Å². The maximum Gasteiger partial charge on any atom is 0.141 e. The molecule has 0 aliphatic rings. The van der Waals surface area contributed by atoms with E-state index in [1.165, 1.54) is 12.3 Å². The van der Waals surface area contributed by atoms with Crippen LogP contribution in [0.3, 0.4) is 0 Å². The molecule has 0 aromatic carbocycles. The third kappa shape index (κ3) is 3.37. The standard InChI is InChI=1S/C13H17FN4/c1-10(13-4-3-11(14)9-16-13)15-7-5-12-6-8-18(2)17-12/h3-4,6,8-10,15H,5,7H2,1-2H3. The smallest absolute Gasteiger partial charge is 0.141 e. The van der Waals surface area contributed by atoms with E-state index in [4.69, 9.17) is 0 Å². The Hall–Kier alpha value is -1.75. The summed E-state index contributed by atoms with van der Waals surface area (Å²) < 4.78 is 14.5. The molecule has 96 valence electrons. The number of aryl methyl sites for hydroxylation is 1. The predicted molar refractivity (Wildman–Crippen MR) is 67.5 cm³/mol. The zero-order valence-corrected chi connectivity index (χ0v) is 10.6. The van der Waals surface area contributed by atoms with Gasteiger partial charge in [-0.25, -0.2) is 4.39 Å². The van der Waals surface area contributed by atoms with E-state index in [1.54, 1.807) is 10.7 Å². The molecule has 2 aromatic rings. The van der Waals surface area contributed by atoms with E-state index < -0.39 is 0 Å². The summed E-state index contributed by atoms with van der Waals surface area (Å²) in [4.78, 5) is 4.05. The van der Waals surface area contributed by atoms with Crippen molar-refractivity contribution < 1.29 is 4.39 Å². The number of aromatic nitrogens is 3. The first-order chi connectivity index (χ1) is 8.65. The summed E-state index contributed by atoms with van der Waals surface area (Å²) in [6, 6.07) is 5.24. The summed E-state index contributed by atoms with van der Waals surface area (Å²) in [5, 5.41) is 7.65. The maximum atomic E-state index is 12.7. The Kier molecular flexibility index (Phi) is 4.04. The molecule has 2 heterocycles. The number of hydrogen-bond acceptors (Lipinski definition) is 3. The van der Waals surface area contributed by atoms with Crippen molar-refractivity contribution in [2.24, 2.45) is 7.05 Å². The largest absolute Gasteiger partial charge is 0.308 e. The number of nitrogens with zero attached hydrogens (tertiary/aromatic N) is 3. The summed E-state index contributed by atoms with van der Waals surface area (Å²) >= 11 is 0. The minimum atomic E-state index is -0.306. The topological polar surface area (TPSA) is 42.7 Å². The van der Waals surface area contributed by atoms with Crippen LogP contribution in [0.1, 0.15) is 24.4 Å². The highest BCUT2D eigenvalue weighted by molar-refractivity contribution is 5.09. The van der Waals surface area contributed by atoms with Gasteiger partial charge in [-0.2, -0.15) is 5.10 Å². The van der Waals surface area contributed by atoms with Gasteiger partial charge in [0.25, 0.3) is 0 Å². The second-order valence-corrected chi connectivity index (χ2v) is 4.31. The van der Waals surface area contributed by atoms with E-state index in [9.17, 15) is 4.39 Å². The van der Waals surface area contributed by atoms with Crippen LogP contribution in [0.2, 0.25) is 0 Å². The van der Waals surface area contributed by atoms with Gasteiger partial charge in [-0.3, -0.25) is 9.67 Å². The molecule has 0 bridgehead atoms. The molecular weight excluding hydrogens is 231 g/mol. The van der Waals surface area contributed by atoms with Crippen LogP contribution in [-0.4, -0.2) is 21.3 Å². The molecule has 0 aliphatic carbocycles. The Morgan fingerprint density at radius 2 is 2.22 bits per heavy atom. The second-order valence-electron chi connectivity index (χ2n) is 4.31. The van der Waals surface area contributed by atoms with Gasteiger partial charge < -0.3 is 5.32 Å². The van der Waals surface area contributed by atoms with Crippen LogP contribution in [-0.2, 0) is 13.5 Å². The molecular formula is C13H17FN4. The predicted octanol–water partition coefficient (Wildman–Crippen LogP) is 1.85. The highest BCUT2D eigenvalue weighted by atomic mass is 19.1. The van der Waals surface area contributed by atoms with Gasteiger partial charge in [0.05, 0.1) is 17.6 Å². The van der Waals surface area contributed by atoms with Crippen molar-refractivity contribution in [3.05, 3.63) is 47.8 Å². The highest BCUT2D eigenvalue weighted by Crippen LogP contribution is 2.09. The van der Waals surface area contributed by atoms with Crippen molar-refractivity contribution >= 4 is 0 Å². The van der Waals surface area contributed by atoms with Crippen LogP contribution < -0.4 is 5.32 Å². The van der Waals surface area contributed by atoms with E-state index in [0.29, 0.717) is 0 Å². The molecule has 1 atom stereocenters. The Morgan fingerprint density at radius 3 is 2.83 bits per heavy atom. The van der Waals surface area contributed by atoms with E-state index in [2.05, 4.69) is 15.4 Å². The monoisotopic (exact) mass is 248 g/mol. The van der Waals surface area contributed by atoms with E-state index in [1.807, 2.05) is 26.2 Å². The lowest BCUT2D eigenvalue weighted by atomic mass is 10.2. The van der Waals surface area contributed by atoms with Crippen LogP contribution in [0.4, 0.5) is 4.39 Å². The SMILES string of the molecule is CC(NCCc1ccn(C)n1)c1ccc(F)cn1. The van der Waals surface area contributed by atoms with Gasteiger partial charge in [-0.15, -0.1) is 0 Å². The lowest BCUT2D eigenvalue weighted by Gasteiger charge is -2.12. The van der Waals surface area contributed by atoms with Gasteiger partial charge in [-0.1, -0.05) is 0 Å². The molecule has 0 aliphatic heterocycles. The molecule has 2 aromatic heterocycles. The van der Waals surface area contributed by atoms with Crippen molar-refractivity contribution in [1.82, 2.24) is 20.1 Å². The minimum Gasteiger partial charge on any atom is -0.308 e. The van der Waals surface area contributed by atoms with Crippen LogP contribution in [0.25, 0.3) is 0 Å². The zero-order valence-electron chi connectivity index (χ0n) is 10.6. The van der Waals surface area contributed by atoms with Crippen LogP contribution >= 0.6 is 0 Å². The van der Waals surface area contributed by atoms with E-state index in [0.717, 1.165) is 24.4 Å². The first-order valence-electron chi connectivity index (χ1n) is 5.98. The van der Waals surface area contributed by atoms with Crippen molar-refractivity contribution in [2.75, 3.05) is 6.54 Å². The quantitative estimate of drug-likeness (QED) is 0.878.